The Balaban J connectivity index is 0.00000364. The molecule has 1 saturated heterocycles. The van der Waals surface area contributed by atoms with Gasteiger partial charge in [-0.25, -0.2) is 13.1 Å². The third-order valence-corrected chi connectivity index (χ3v) is 5.59. The fourth-order valence-electron chi connectivity index (χ4n) is 2.89. The number of benzene rings is 1. The lowest BCUT2D eigenvalue weighted by Crippen LogP contribution is -2.40. The monoisotopic (exact) mass is 510 g/mol. The summed E-state index contributed by atoms with van der Waals surface area (Å²) in [5.41, 5.74) is 1.71. The van der Waals surface area contributed by atoms with Crippen LogP contribution in [-0.2, 0) is 27.1 Å². The van der Waals surface area contributed by atoms with Gasteiger partial charge in [0, 0.05) is 32.8 Å². The Morgan fingerprint density at radius 2 is 1.96 bits per heavy atom. The lowest BCUT2D eigenvalue weighted by Gasteiger charge is -2.17. The summed E-state index contributed by atoms with van der Waals surface area (Å²) >= 11 is 0. The van der Waals surface area contributed by atoms with E-state index < -0.39 is 10.0 Å². The predicted molar refractivity (Wildman–Crippen MR) is 120 cm³/mol. The Kier molecular flexibility index (Phi) is 10.6. The number of hydrogen-bond donors (Lipinski definition) is 3. The minimum atomic E-state index is -3.36. The molecule has 1 aliphatic heterocycles. The van der Waals surface area contributed by atoms with E-state index in [0.717, 1.165) is 30.6 Å². The second-order valence-corrected chi connectivity index (χ2v) is 8.50. The Morgan fingerprint density at radius 1 is 1.26 bits per heavy atom. The quantitative estimate of drug-likeness (QED) is 0.283. The molecule has 0 bridgehead atoms. The summed E-state index contributed by atoms with van der Waals surface area (Å²) in [6, 6.07) is 7.42. The summed E-state index contributed by atoms with van der Waals surface area (Å²) in [4.78, 5) is 4.22. The summed E-state index contributed by atoms with van der Waals surface area (Å²) in [6.45, 7) is 5.67. The molecular weight excluding hydrogens is 479 g/mol. The van der Waals surface area contributed by atoms with E-state index in [0.29, 0.717) is 19.0 Å². The molecule has 0 aromatic heterocycles. The van der Waals surface area contributed by atoms with Gasteiger partial charge in [-0.1, -0.05) is 24.3 Å². The third-order valence-electron chi connectivity index (χ3n) is 4.07. The first-order valence-corrected chi connectivity index (χ1v) is 10.7. The molecule has 2 rings (SSSR count). The van der Waals surface area contributed by atoms with Crippen LogP contribution in [-0.4, -0.2) is 46.7 Å². The van der Waals surface area contributed by atoms with Crippen molar-refractivity contribution < 1.29 is 13.2 Å². The van der Waals surface area contributed by atoms with Crippen molar-refractivity contribution in [3.8, 4) is 0 Å². The van der Waals surface area contributed by atoms with Crippen molar-refractivity contribution in [2.75, 3.05) is 20.2 Å². The van der Waals surface area contributed by atoms with Gasteiger partial charge in [-0.2, -0.15) is 0 Å². The molecule has 27 heavy (non-hydrogen) atoms. The maximum absolute atomic E-state index is 12.2. The minimum Gasteiger partial charge on any atom is -0.376 e. The first-order chi connectivity index (χ1) is 12.4. The van der Waals surface area contributed by atoms with Crippen LogP contribution in [0.5, 0.6) is 0 Å². The van der Waals surface area contributed by atoms with Crippen molar-refractivity contribution in [1.29, 1.82) is 0 Å². The zero-order valence-corrected chi connectivity index (χ0v) is 19.3. The van der Waals surface area contributed by atoms with Crippen molar-refractivity contribution in [3.63, 3.8) is 0 Å². The third kappa shape index (κ3) is 8.75. The van der Waals surface area contributed by atoms with Gasteiger partial charge in [-0.05, 0) is 37.8 Å². The van der Waals surface area contributed by atoms with Crippen LogP contribution in [0.25, 0.3) is 0 Å². The molecule has 154 valence electrons. The topological polar surface area (TPSA) is 91.8 Å². The Labute approximate surface area is 179 Å². The molecule has 0 amide bonds. The molecule has 1 aromatic carbocycles. The van der Waals surface area contributed by atoms with E-state index in [9.17, 15) is 8.42 Å². The highest BCUT2D eigenvalue weighted by atomic mass is 127. The molecule has 1 aromatic rings. The van der Waals surface area contributed by atoms with Crippen molar-refractivity contribution in [2.45, 2.75) is 51.1 Å². The lowest BCUT2D eigenvalue weighted by atomic mass is 10.1. The van der Waals surface area contributed by atoms with E-state index in [2.05, 4.69) is 20.3 Å². The number of nitrogens with zero attached hydrogens (tertiary/aromatic N) is 1. The van der Waals surface area contributed by atoms with E-state index in [-0.39, 0.29) is 41.9 Å². The average molecular weight is 510 g/mol. The van der Waals surface area contributed by atoms with Crippen LogP contribution in [0.2, 0.25) is 0 Å². The van der Waals surface area contributed by atoms with Gasteiger partial charge in [-0.15, -0.1) is 24.0 Å². The Hall–Kier alpha value is -0.910. The van der Waals surface area contributed by atoms with Gasteiger partial charge >= 0.3 is 0 Å². The molecule has 9 heteroatoms. The number of halogens is 1. The maximum Gasteiger partial charge on any atom is 0.216 e. The molecule has 1 atom stereocenters. The summed E-state index contributed by atoms with van der Waals surface area (Å²) in [7, 11) is -1.65. The van der Waals surface area contributed by atoms with Crippen LogP contribution in [0.1, 0.15) is 37.8 Å². The number of nitrogens with one attached hydrogen (secondary N) is 3. The summed E-state index contributed by atoms with van der Waals surface area (Å²) < 4.78 is 32.7. The van der Waals surface area contributed by atoms with Crippen molar-refractivity contribution in [3.05, 3.63) is 35.4 Å². The van der Waals surface area contributed by atoms with Gasteiger partial charge in [0.1, 0.15) is 0 Å². The number of guanidine groups is 1. The molecular formula is C18H31IN4O3S. The second-order valence-electron chi connectivity index (χ2n) is 6.74. The number of sulfonamides is 1. The van der Waals surface area contributed by atoms with Crippen molar-refractivity contribution >= 4 is 40.0 Å². The maximum atomic E-state index is 12.2. The van der Waals surface area contributed by atoms with Gasteiger partial charge in [-0.3, -0.25) is 4.99 Å². The molecule has 1 heterocycles. The van der Waals surface area contributed by atoms with Crippen LogP contribution in [0, 0.1) is 0 Å². The van der Waals surface area contributed by atoms with Gasteiger partial charge in [0.05, 0.1) is 11.9 Å². The fourth-order valence-corrected chi connectivity index (χ4v) is 4.38. The first kappa shape index (κ1) is 24.1. The van der Waals surface area contributed by atoms with E-state index in [1.54, 1.807) is 7.05 Å². The van der Waals surface area contributed by atoms with Crippen molar-refractivity contribution in [1.82, 2.24) is 15.4 Å². The smallest absolute Gasteiger partial charge is 0.216 e. The van der Waals surface area contributed by atoms with Crippen LogP contribution in [0.15, 0.2) is 29.3 Å². The van der Waals surface area contributed by atoms with Gasteiger partial charge < -0.3 is 15.4 Å². The Morgan fingerprint density at radius 3 is 2.56 bits per heavy atom. The second kappa shape index (κ2) is 11.8. The summed E-state index contributed by atoms with van der Waals surface area (Å²) in [5.74, 6) is 0.642. The van der Waals surface area contributed by atoms with E-state index in [1.165, 1.54) is 0 Å². The Bertz CT molecular complexity index is 704. The predicted octanol–water partition coefficient (Wildman–Crippen LogP) is 1.98. The SMILES string of the molecule is CN=C(NCc1ccccc1CS(=O)(=O)NC(C)C)NCC1CCCO1.I. The van der Waals surface area contributed by atoms with Crippen LogP contribution in [0.4, 0.5) is 0 Å². The molecule has 1 unspecified atom stereocenters. The molecule has 7 nitrogen and oxygen atoms in total. The number of ether oxygens (including phenoxy) is 1. The molecule has 1 fully saturated rings. The largest absolute Gasteiger partial charge is 0.376 e. The summed E-state index contributed by atoms with van der Waals surface area (Å²) in [5, 5.41) is 6.50. The van der Waals surface area contributed by atoms with E-state index >= 15 is 0 Å². The highest BCUT2D eigenvalue weighted by Gasteiger charge is 2.17. The van der Waals surface area contributed by atoms with E-state index in [1.807, 2.05) is 38.1 Å². The number of hydrogen-bond acceptors (Lipinski definition) is 4. The van der Waals surface area contributed by atoms with Crippen molar-refractivity contribution in [2.24, 2.45) is 4.99 Å². The normalized spacial score (nSPS) is 17.6. The molecule has 1 aliphatic rings. The number of aliphatic imine (C=N–C) groups is 1. The molecule has 0 spiro atoms. The number of rotatable bonds is 8. The van der Waals surface area contributed by atoms with Crippen LogP contribution in [0.3, 0.4) is 0 Å². The highest BCUT2D eigenvalue weighted by molar-refractivity contribution is 14.0. The molecule has 0 aliphatic carbocycles. The molecule has 3 N–H and O–H groups in total. The van der Waals surface area contributed by atoms with E-state index in [4.69, 9.17) is 4.74 Å². The zero-order valence-electron chi connectivity index (χ0n) is 16.2. The standard InChI is InChI=1S/C18H30N4O3S.HI/c1-14(2)22-26(23,24)13-16-8-5-4-7-15(16)11-20-18(19-3)21-12-17-9-6-10-25-17;/h4-5,7-8,14,17,22H,6,9-13H2,1-3H3,(H2,19,20,21);1H. The zero-order chi connectivity index (χ0) is 19.0. The molecule has 0 radical (unpaired) electrons. The van der Waals surface area contributed by atoms with Crippen LogP contribution < -0.4 is 15.4 Å². The summed E-state index contributed by atoms with van der Waals surface area (Å²) in [6.07, 6.45) is 2.39. The first-order valence-electron chi connectivity index (χ1n) is 9.02. The van der Waals surface area contributed by atoms with Gasteiger partial charge in [0.15, 0.2) is 5.96 Å². The van der Waals surface area contributed by atoms with Gasteiger partial charge in [0.25, 0.3) is 0 Å². The van der Waals surface area contributed by atoms with Gasteiger partial charge in [0.2, 0.25) is 10.0 Å². The average Bonchev–Trinajstić information content (AvgIpc) is 3.08. The lowest BCUT2D eigenvalue weighted by molar-refractivity contribution is 0.114. The van der Waals surface area contributed by atoms with Crippen LogP contribution >= 0.6 is 24.0 Å². The molecule has 0 saturated carbocycles. The highest BCUT2D eigenvalue weighted by Crippen LogP contribution is 2.13. The minimum absolute atomic E-state index is 0. The fraction of sp³-hybridized carbons (Fsp3) is 0.611.